The van der Waals surface area contributed by atoms with Crippen LogP contribution in [0.1, 0.15) is 17.7 Å². The second-order valence-corrected chi connectivity index (χ2v) is 3.67. The molecule has 1 heterocycles. The van der Waals surface area contributed by atoms with Gasteiger partial charge in [0.15, 0.2) is 0 Å². The molecule has 0 fully saturated rings. The Morgan fingerprint density at radius 1 is 1.78 bits per heavy atom. The van der Waals surface area contributed by atoms with Gasteiger partial charge in [-0.15, -0.1) is 0 Å². The van der Waals surface area contributed by atoms with Crippen LogP contribution in [-0.4, -0.2) is 10.6 Å². The molecule has 3 heteroatoms. The summed E-state index contributed by atoms with van der Waals surface area (Å²) in [5.74, 6) is 0. The summed E-state index contributed by atoms with van der Waals surface area (Å²) in [5.41, 5.74) is 1.34. The Hall–Kier alpha value is -0.0200. The zero-order chi connectivity index (χ0) is 6.69. The highest BCUT2D eigenvalue weighted by Crippen LogP contribution is 2.25. The maximum Gasteiger partial charge on any atom is 0.0450 e. The van der Waals surface area contributed by atoms with Crippen LogP contribution in [0.4, 0.5) is 0 Å². The van der Waals surface area contributed by atoms with E-state index in [1.807, 2.05) is 18.0 Å². The lowest BCUT2D eigenvalue weighted by Gasteiger charge is -2.01. The summed E-state index contributed by atoms with van der Waals surface area (Å²) in [6, 6.07) is 0. The predicted octanol–water partition coefficient (Wildman–Crippen LogP) is 2.57. The average Bonchev–Trinajstić information content (AvgIpc) is 2.37. The summed E-state index contributed by atoms with van der Waals surface area (Å²) < 4.78 is 4.02. The number of hydrogen-bond donors (Lipinski definition) is 0. The van der Waals surface area contributed by atoms with Crippen molar-refractivity contribution in [3.8, 4) is 0 Å². The van der Waals surface area contributed by atoms with Gasteiger partial charge in [-0.1, -0.05) is 0 Å². The minimum absolute atomic E-state index is 0.601. The van der Waals surface area contributed by atoms with Crippen molar-refractivity contribution in [2.75, 3.05) is 6.26 Å². The van der Waals surface area contributed by atoms with Crippen LogP contribution in [0.2, 0.25) is 0 Å². The fourth-order valence-corrected chi connectivity index (χ4v) is 1.67. The smallest absolute Gasteiger partial charge is 0.0450 e. The van der Waals surface area contributed by atoms with Gasteiger partial charge in [0.2, 0.25) is 0 Å². The van der Waals surface area contributed by atoms with Crippen molar-refractivity contribution in [1.29, 1.82) is 0 Å². The molecule has 0 N–H and O–H groups in total. The molecule has 0 amide bonds. The summed E-state index contributed by atoms with van der Waals surface area (Å²) in [4.78, 5) is 0. The van der Waals surface area contributed by atoms with Crippen LogP contribution in [0, 0.1) is 0 Å². The molecule has 1 unspecified atom stereocenters. The fraction of sp³-hybridized carbons (Fsp3) is 0.500. The normalized spacial score (nSPS) is 13.6. The van der Waals surface area contributed by atoms with Gasteiger partial charge in [0.05, 0.1) is 0 Å². The van der Waals surface area contributed by atoms with E-state index in [0.29, 0.717) is 5.25 Å². The van der Waals surface area contributed by atoms with Crippen LogP contribution in [0.5, 0.6) is 0 Å². The first-order chi connectivity index (χ1) is 4.34. The Morgan fingerprint density at radius 3 is 3.00 bits per heavy atom. The van der Waals surface area contributed by atoms with E-state index >= 15 is 0 Å². The Labute approximate surface area is 63.7 Å². The van der Waals surface area contributed by atoms with Gasteiger partial charge in [-0.25, -0.2) is 4.37 Å². The summed E-state index contributed by atoms with van der Waals surface area (Å²) in [7, 11) is 0. The number of rotatable bonds is 2. The van der Waals surface area contributed by atoms with Crippen molar-refractivity contribution >= 4 is 23.3 Å². The molecular weight excluding hydrogens is 150 g/mol. The third-order valence-corrected chi connectivity index (χ3v) is 2.86. The molecule has 0 bridgehead atoms. The first-order valence-electron chi connectivity index (χ1n) is 2.76. The molecule has 1 nitrogen and oxygen atoms in total. The Morgan fingerprint density at radius 2 is 2.56 bits per heavy atom. The molecule has 0 aromatic carbocycles. The van der Waals surface area contributed by atoms with Gasteiger partial charge in [-0.05, 0) is 30.3 Å². The number of aromatic nitrogens is 1. The van der Waals surface area contributed by atoms with Crippen molar-refractivity contribution in [3.63, 3.8) is 0 Å². The molecule has 50 valence electrons. The molecule has 0 aliphatic rings. The van der Waals surface area contributed by atoms with Crippen molar-refractivity contribution in [2.24, 2.45) is 0 Å². The van der Waals surface area contributed by atoms with E-state index in [1.54, 1.807) is 0 Å². The van der Waals surface area contributed by atoms with E-state index in [-0.39, 0.29) is 0 Å². The van der Waals surface area contributed by atoms with Gasteiger partial charge in [0.25, 0.3) is 0 Å². The zero-order valence-corrected chi connectivity index (χ0v) is 7.13. The highest BCUT2D eigenvalue weighted by molar-refractivity contribution is 7.98. The Kier molecular flexibility index (Phi) is 2.54. The second-order valence-electron chi connectivity index (χ2n) is 1.84. The minimum Gasteiger partial charge on any atom is -0.201 e. The lowest BCUT2D eigenvalue weighted by Crippen LogP contribution is -1.80. The average molecular weight is 159 g/mol. The topological polar surface area (TPSA) is 12.9 Å². The molecule has 0 saturated heterocycles. The predicted molar refractivity (Wildman–Crippen MR) is 44.0 cm³/mol. The van der Waals surface area contributed by atoms with Crippen LogP contribution in [0.3, 0.4) is 0 Å². The highest BCUT2D eigenvalue weighted by Gasteiger charge is 2.02. The maximum absolute atomic E-state index is 4.02. The van der Waals surface area contributed by atoms with Crippen LogP contribution < -0.4 is 0 Å². The molecule has 0 spiro atoms. The molecule has 9 heavy (non-hydrogen) atoms. The molecule has 1 rings (SSSR count). The van der Waals surface area contributed by atoms with Crippen LogP contribution >= 0.6 is 23.3 Å². The summed E-state index contributed by atoms with van der Waals surface area (Å²) >= 11 is 3.37. The lowest BCUT2D eigenvalue weighted by atomic mass is 10.3. The highest BCUT2D eigenvalue weighted by atomic mass is 32.2. The largest absolute Gasteiger partial charge is 0.201 e. The van der Waals surface area contributed by atoms with E-state index in [4.69, 9.17) is 0 Å². The van der Waals surface area contributed by atoms with Crippen molar-refractivity contribution < 1.29 is 0 Å². The van der Waals surface area contributed by atoms with Gasteiger partial charge in [-0.3, -0.25) is 0 Å². The second kappa shape index (κ2) is 3.22. The lowest BCUT2D eigenvalue weighted by molar-refractivity contribution is 1.11. The third kappa shape index (κ3) is 1.69. The zero-order valence-electron chi connectivity index (χ0n) is 5.50. The number of nitrogens with zero attached hydrogens (tertiary/aromatic N) is 1. The number of thioether (sulfide) groups is 1. The molecule has 0 aliphatic carbocycles. The quantitative estimate of drug-likeness (QED) is 0.658. The summed E-state index contributed by atoms with van der Waals surface area (Å²) in [6.07, 6.45) is 4.05. The van der Waals surface area contributed by atoms with Crippen molar-refractivity contribution in [2.45, 2.75) is 12.2 Å². The van der Waals surface area contributed by atoms with Crippen molar-refractivity contribution in [3.05, 3.63) is 17.1 Å². The summed E-state index contributed by atoms with van der Waals surface area (Å²) in [6.45, 7) is 2.19. The molecule has 0 saturated carbocycles. The van der Waals surface area contributed by atoms with Crippen LogP contribution in [0.25, 0.3) is 0 Å². The van der Waals surface area contributed by atoms with Crippen LogP contribution in [-0.2, 0) is 0 Å². The summed E-state index contributed by atoms with van der Waals surface area (Å²) in [5, 5.41) is 2.70. The van der Waals surface area contributed by atoms with E-state index < -0.39 is 0 Å². The monoisotopic (exact) mass is 159 g/mol. The molecular formula is C6H9NS2. The first-order valence-corrected chi connectivity index (χ1v) is 4.89. The van der Waals surface area contributed by atoms with Crippen molar-refractivity contribution in [1.82, 2.24) is 4.37 Å². The van der Waals surface area contributed by atoms with E-state index in [1.165, 1.54) is 17.1 Å². The van der Waals surface area contributed by atoms with Gasteiger partial charge < -0.3 is 0 Å². The SMILES string of the molecule is CSC(C)c1cnsc1. The van der Waals surface area contributed by atoms with Gasteiger partial charge >= 0.3 is 0 Å². The molecule has 1 aromatic heterocycles. The Balaban J connectivity index is 2.65. The van der Waals surface area contributed by atoms with E-state index in [0.717, 1.165) is 0 Å². The fourth-order valence-electron chi connectivity index (χ4n) is 0.550. The van der Waals surface area contributed by atoms with Gasteiger partial charge in [0, 0.05) is 16.8 Å². The molecule has 0 radical (unpaired) electrons. The first kappa shape index (κ1) is 7.09. The molecule has 1 atom stereocenters. The van der Waals surface area contributed by atoms with Gasteiger partial charge in [0.1, 0.15) is 0 Å². The Bertz CT molecular complexity index is 160. The third-order valence-electron chi connectivity index (χ3n) is 1.27. The van der Waals surface area contributed by atoms with Gasteiger partial charge in [-0.2, -0.15) is 11.8 Å². The minimum atomic E-state index is 0.601. The molecule has 0 aliphatic heterocycles. The van der Waals surface area contributed by atoms with Crippen LogP contribution in [0.15, 0.2) is 11.6 Å². The maximum atomic E-state index is 4.02. The molecule has 1 aromatic rings. The standard InChI is InChI=1S/C6H9NS2/c1-5(8-2)6-3-7-9-4-6/h3-5H,1-2H3. The van der Waals surface area contributed by atoms with E-state index in [2.05, 4.69) is 22.9 Å². The van der Waals surface area contributed by atoms with E-state index in [9.17, 15) is 0 Å². The number of hydrogen-bond acceptors (Lipinski definition) is 3.